The Morgan fingerprint density at radius 2 is 1.67 bits per heavy atom. The Labute approximate surface area is 117 Å². The van der Waals surface area contributed by atoms with Crippen LogP contribution in [0, 0.1) is 18.3 Å². The minimum Gasteiger partial charge on any atom is -0.197 e. The van der Waals surface area contributed by atoms with Gasteiger partial charge in [0.1, 0.15) is 0 Å². The number of benzene rings is 2. The van der Waals surface area contributed by atoms with Crippen LogP contribution in [-0.2, 0) is 0 Å². The molecule has 1 unspecified atom stereocenters. The standard InChI is InChI=1S/C15H11Cl2N/c1-10-4-2-3-5-14(10)15(9-18)11-6-12(16)8-13(17)7-11/h2-8,15H,1H3. The maximum atomic E-state index is 9.40. The Balaban J connectivity index is 2.53. The number of hydrogen-bond acceptors (Lipinski definition) is 1. The van der Waals surface area contributed by atoms with Gasteiger partial charge in [0.05, 0.1) is 12.0 Å². The molecule has 0 aromatic heterocycles. The fourth-order valence-electron chi connectivity index (χ4n) is 1.98. The van der Waals surface area contributed by atoms with Crippen molar-refractivity contribution in [1.82, 2.24) is 0 Å². The normalized spacial score (nSPS) is 11.9. The Morgan fingerprint density at radius 1 is 1.06 bits per heavy atom. The fraction of sp³-hybridized carbons (Fsp3) is 0.133. The second-order valence-electron chi connectivity index (χ2n) is 4.12. The summed E-state index contributed by atoms with van der Waals surface area (Å²) in [6.07, 6.45) is 0. The van der Waals surface area contributed by atoms with Crippen molar-refractivity contribution in [3.8, 4) is 6.07 Å². The maximum Gasteiger partial charge on any atom is 0.0966 e. The molecule has 0 aliphatic rings. The maximum absolute atomic E-state index is 9.40. The number of nitrogens with zero attached hydrogens (tertiary/aromatic N) is 1. The minimum absolute atomic E-state index is 0.345. The summed E-state index contributed by atoms with van der Waals surface area (Å²) in [7, 11) is 0. The molecule has 0 aliphatic heterocycles. The lowest BCUT2D eigenvalue weighted by atomic mass is 9.90. The van der Waals surface area contributed by atoms with Gasteiger partial charge in [-0.15, -0.1) is 0 Å². The topological polar surface area (TPSA) is 23.8 Å². The molecule has 0 radical (unpaired) electrons. The average molecular weight is 276 g/mol. The third-order valence-corrected chi connectivity index (χ3v) is 3.28. The summed E-state index contributed by atoms with van der Waals surface area (Å²) in [6, 6.07) is 15.4. The highest BCUT2D eigenvalue weighted by Gasteiger charge is 2.16. The molecule has 2 aromatic rings. The molecule has 0 heterocycles. The van der Waals surface area contributed by atoms with Gasteiger partial charge >= 0.3 is 0 Å². The van der Waals surface area contributed by atoms with Crippen molar-refractivity contribution < 1.29 is 0 Å². The van der Waals surface area contributed by atoms with E-state index in [0.717, 1.165) is 16.7 Å². The highest BCUT2D eigenvalue weighted by atomic mass is 35.5. The molecule has 0 saturated heterocycles. The van der Waals surface area contributed by atoms with Crippen LogP contribution >= 0.6 is 23.2 Å². The van der Waals surface area contributed by atoms with Crippen molar-refractivity contribution in [3.63, 3.8) is 0 Å². The molecule has 1 atom stereocenters. The van der Waals surface area contributed by atoms with E-state index in [0.29, 0.717) is 10.0 Å². The molecule has 0 aliphatic carbocycles. The van der Waals surface area contributed by atoms with Crippen molar-refractivity contribution in [2.75, 3.05) is 0 Å². The van der Waals surface area contributed by atoms with Crippen LogP contribution in [0.3, 0.4) is 0 Å². The highest BCUT2D eigenvalue weighted by molar-refractivity contribution is 6.34. The summed E-state index contributed by atoms with van der Waals surface area (Å²) in [5.41, 5.74) is 2.89. The zero-order chi connectivity index (χ0) is 13.1. The minimum atomic E-state index is -0.345. The van der Waals surface area contributed by atoms with Crippen molar-refractivity contribution in [3.05, 3.63) is 69.2 Å². The molecule has 0 amide bonds. The van der Waals surface area contributed by atoms with E-state index in [1.165, 1.54) is 0 Å². The van der Waals surface area contributed by atoms with Gasteiger partial charge in [-0.05, 0) is 41.8 Å². The van der Waals surface area contributed by atoms with Crippen molar-refractivity contribution >= 4 is 23.2 Å². The van der Waals surface area contributed by atoms with Crippen LogP contribution < -0.4 is 0 Å². The zero-order valence-electron chi connectivity index (χ0n) is 9.82. The van der Waals surface area contributed by atoms with E-state index in [9.17, 15) is 5.26 Å². The first-order valence-electron chi connectivity index (χ1n) is 5.53. The second kappa shape index (κ2) is 5.44. The summed E-state index contributed by atoms with van der Waals surface area (Å²) >= 11 is 12.0. The number of nitriles is 1. The molecule has 0 spiro atoms. The molecule has 18 heavy (non-hydrogen) atoms. The van der Waals surface area contributed by atoms with Crippen LogP contribution in [0.25, 0.3) is 0 Å². The molecule has 1 nitrogen and oxygen atoms in total. The van der Waals surface area contributed by atoms with E-state index < -0.39 is 0 Å². The molecule has 0 fully saturated rings. The van der Waals surface area contributed by atoms with Gasteiger partial charge in [-0.2, -0.15) is 5.26 Å². The summed E-state index contributed by atoms with van der Waals surface area (Å²) < 4.78 is 0. The van der Waals surface area contributed by atoms with Crippen molar-refractivity contribution in [1.29, 1.82) is 5.26 Å². The summed E-state index contributed by atoms with van der Waals surface area (Å²) in [4.78, 5) is 0. The van der Waals surface area contributed by atoms with E-state index in [4.69, 9.17) is 23.2 Å². The fourth-order valence-corrected chi connectivity index (χ4v) is 2.52. The van der Waals surface area contributed by atoms with Crippen LogP contribution in [0.5, 0.6) is 0 Å². The molecule has 90 valence electrons. The molecule has 0 saturated carbocycles. The van der Waals surface area contributed by atoms with Crippen LogP contribution in [0.4, 0.5) is 0 Å². The van der Waals surface area contributed by atoms with Crippen LogP contribution in [0.1, 0.15) is 22.6 Å². The average Bonchev–Trinajstić information content (AvgIpc) is 2.31. The molecule has 0 bridgehead atoms. The zero-order valence-corrected chi connectivity index (χ0v) is 11.3. The number of rotatable bonds is 2. The largest absolute Gasteiger partial charge is 0.197 e. The molecule has 0 N–H and O–H groups in total. The predicted octanol–water partition coefficient (Wildman–Crippen LogP) is 4.96. The summed E-state index contributed by atoms with van der Waals surface area (Å²) in [5, 5.41) is 10.5. The van der Waals surface area contributed by atoms with Gasteiger partial charge in [0.15, 0.2) is 0 Å². The smallest absolute Gasteiger partial charge is 0.0966 e. The quantitative estimate of drug-likeness (QED) is 0.760. The molecule has 3 heteroatoms. The number of aryl methyl sites for hydroxylation is 1. The van der Waals surface area contributed by atoms with Gasteiger partial charge in [-0.25, -0.2) is 0 Å². The number of hydrogen-bond donors (Lipinski definition) is 0. The lowest BCUT2D eigenvalue weighted by Crippen LogP contribution is -2.00. The second-order valence-corrected chi connectivity index (χ2v) is 4.99. The van der Waals surface area contributed by atoms with Gasteiger partial charge in [0.2, 0.25) is 0 Å². The first-order valence-corrected chi connectivity index (χ1v) is 6.28. The Bertz CT molecular complexity index is 594. The molecular weight excluding hydrogens is 265 g/mol. The monoisotopic (exact) mass is 275 g/mol. The van der Waals surface area contributed by atoms with E-state index in [2.05, 4.69) is 6.07 Å². The number of halogens is 2. The first-order chi connectivity index (χ1) is 8.61. The van der Waals surface area contributed by atoms with Crippen molar-refractivity contribution in [2.45, 2.75) is 12.8 Å². The third-order valence-electron chi connectivity index (χ3n) is 2.85. The van der Waals surface area contributed by atoms with Crippen LogP contribution in [-0.4, -0.2) is 0 Å². The Morgan fingerprint density at radius 3 is 2.22 bits per heavy atom. The Hall–Kier alpha value is -1.49. The highest BCUT2D eigenvalue weighted by Crippen LogP contribution is 2.30. The van der Waals surface area contributed by atoms with Gasteiger partial charge in [-0.1, -0.05) is 47.5 Å². The lowest BCUT2D eigenvalue weighted by molar-refractivity contribution is 1.02. The van der Waals surface area contributed by atoms with E-state index in [1.54, 1.807) is 18.2 Å². The third kappa shape index (κ3) is 2.67. The van der Waals surface area contributed by atoms with Gasteiger partial charge in [0, 0.05) is 10.0 Å². The molecule has 2 rings (SSSR count). The van der Waals surface area contributed by atoms with Gasteiger partial charge in [0.25, 0.3) is 0 Å². The van der Waals surface area contributed by atoms with E-state index >= 15 is 0 Å². The van der Waals surface area contributed by atoms with Gasteiger partial charge < -0.3 is 0 Å². The van der Waals surface area contributed by atoms with Crippen LogP contribution in [0.2, 0.25) is 10.0 Å². The molecule has 2 aromatic carbocycles. The van der Waals surface area contributed by atoms with Crippen LogP contribution in [0.15, 0.2) is 42.5 Å². The first kappa shape index (κ1) is 13.0. The van der Waals surface area contributed by atoms with E-state index in [1.807, 2.05) is 31.2 Å². The summed E-state index contributed by atoms with van der Waals surface area (Å²) in [5.74, 6) is -0.345. The Kier molecular flexibility index (Phi) is 3.91. The predicted molar refractivity (Wildman–Crippen MR) is 75.1 cm³/mol. The summed E-state index contributed by atoms with van der Waals surface area (Å²) in [6.45, 7) is 1.99. The van der Waals surface area contributed by atoms with Crippen molar-refractivity contribution in [2.24, 2.45) is 0 Å². The SMILES string of the molecule is Cc1ccccc1C(C#N)c1cc(Cl)cc(Cl)c1. The lowest BCUT2D eigenvalue weighted by Gasteiger charge is -2.13. The van der Waals surface area contributed by atoms with Gasteiger partial charge in [-0.3, -0.25) is 0 Å². The molecular formula is C15H11Cl2N. The van der Waals surface area contributed by atoms with E-state index in [-0.39, 0.29) is 5.92 Å².